The van der Waals surface area contributed by atoms with E-state index < -0.39 is 11.8 Å². The summed E-state index contributed by atoms with van der Waals surface area (Å²) in [6, 6.07) is 14.7. The van der Waals surface area contributed by atoms with Crippen LogP contribution in [0.4, 0.5) is 5.69 Å². The summed E-state index contributed by atoms with van der Waals surface area (Å²) in [4.78, 5) is 27.2. The van der Waals surface area contributed by atoms with E-state index in [9.17, 15) is 9.59 Å². The highest BCUT2D eigenvalue weighted by Gasteiger charge is 2.36. The van der Waals surface area contributed by atoms with E-state index in [1.165, 1.54) is 4.90 Å². The van der Waals surface area contributed by atoms with E-state index in [-0.39, 0.29) is 20.7 Å². The molecule has 1 saturated heterocycles. The lowest BCUT2D eigenvalue weighted by Crippen LogP contribution is -2.54. The van der Waals surface area contributed by atoms with Gasteiger partial charge in [0, 0.05) is 21.5 Å². The number of benzene rings is 2. The fourth-order valence-electron chi connectivity index (χ4n) is 3.62. The minimum absolute atomic E-state index is 0.0503. The van der Waals surface area contributed by atoms with Crippen molar-refractivity contribution in [3.8, 4) is 5.69 Å². The van der Waals surface area contributed by atoms with Crippen molar-refractivity contribution in [3.63, 3.8) is 0 Å². The molecule has 3 aromatic rings. The second kappa shape index (κ2) is 8.83. The first kappa shape index (κ1) is 22.7. The second-order valence-corrected chi connectivity index (χ2v) is 9.26. The lowest BCUT2D eigenvalue weighted by molar-refractivity contribution is -0.122. The normalized spacial score (nSPS) is 15.5. The van der Waals surface area contributed by atoms with Gasteiger partial charge in [0.1, 0.15) is 5.57 Å². The van der Waals surface area contributed by atoms with Crippen molar-refractivity contribution in [2.75, 3.05) is 4.90 Å². The largest absolute Gasteiger partial charge is 0.318 e. The zero-order valence-electron chi connectivity index (χ0n) is 16.9. The molecule has 0 aliphatic carbocycles. The number of nitrogens with zero attached hydrogens (tertiary/aromatic N) is 2. The Morgan fingerprint density at radius 3 is 2.44 bits per heavy atom. The molecular weight excluding hydrogens is 533 g/mol. The lowest BCUT2D eigenvalue weighted by atomic mass is 10.1. The number of carbonyl (C=O) groups is 2. The molecule has 0 saturated carbocycles. The molecule has 0 bridgehead atoms. The average molecular weight is 549 g/mol. The van der Waals surface area contributed by atoms with Gasteiger partial charge in [-0.3, -0.25) is 19.8 Å². The van der Waals surface area contributed by atoms with Crippen LogP contribution in [0.25, 0.3) is 11.8 Å². The Morgan fingerprint density at radius 2 is 1.75 bits per heavy atom. The number of amides is 2. The van der Waals surface area contributed by atoms with Crippen LogP contribution in [0.3, 0.4) is 0 Å². The summed E-state index contributed by atoms with van der Waals surface area (Å²) in [5.74, 6) is -1.14. The monoisotopic (exact) mass is 547 g/mol. The fourth-order valence-corrected chi connectivity index (χ4v) is 4.54. The van der Waals surface area contributed by atoms with E-state index in [1.54, 1.807) is 24.3 Å². The minimum atomic E-state index is -0.573. The maximum absolute atomic E-state index is 13.3. The van der Waals surface area contributed by atoms with Crippen molar-refractivity contribution in [1.82, 2.24) is 9.88 Å². The zero-order chi connectivity index (χ0) is 23.2. The molecule has 2 aromatic carbocycles. The van der Waals surface area contributed by atoms with Gasteiger partial charge in [0.05, 0.1) is 15.7 Å². The van der Waals surface area contributed by atoms with Crippen LogP contribution < -0.4 is 10.2 Å². The molecule has 0 atom stereocenters. The summed E-state index contributed by atoms with van der Waals surface area (Å²) in [7, 11) is 0. The van der Waals surface area contributed by atoms with Gasteiger partial charge < -0.3 is 4.57 Å². The summed E-state index contributed by atoms with van der Waals surface area (Å²) >= 11 is 21.1. The van der Waals surface area contributed by atoms with Crippen LogP contribution in [0.2, 0.25) is 10.0 Å². The number of thiocarbonyl (C=S) groups is 1. The molecule has 0 unspecified atom stereocenters. The van der Waals surface area contributed by atoms with Crippen LogP contribution in [-0.4, -0.2) is 21.5 Å². The highest BCUT2D eigenvalue weighted by molar-refractivity contribution is 9.10. The van der Waals surface area contributed by atoms with Crippen LogP contribution in [-0.2, 0) is 9.59 Å². The highest BCUT2D eigenvalue weighted by atomic mass is 79.9. The number of halogens is 3. The van der Waals surface area contributed by atoms with Crippen molar-refractivity contribution in [2.24, 2.45) is 0 Å². The second-order valence-electron chi connectivity index (χ2n) is 7.17. The van der Waals surface area contributed by atoms with Gasteiger partial charge in [-0.05, 0) is 80.2 Å². The average Bonchev–Trinajstić information content (AvgIpc) is 3.02. The third kappa shape index (κ3) is 4.01. The number of hydrogen-bond acceptors (Lipinski definition) is 3. The van der Waals surface area contributed by atoms with Gasteiger partial charge in [0.15, 0.2) is 5.11 Å². The summed E-state index contributed by atoms with van der Waals surface area (Å²) in [5, 5.41) is 2.97. The van der Waals surface area contributed by atoms with Gasteiger partial charge in [0.2, 0.25) is 0 Å². The van der Waals surface area contributed by atoms with Gasteiger partial charge >= 0.3 is 0 Å². The SMILES string of the molecule is Cc1cc(/C=C2\C(=O)NC(=S)N(c3cccc(Cl)c3Cl)C2=O)c(C)n1-c1ccc(Br)cc1. The van der Waals surface area contributed by atoms with Crippen molar-refractivity contribution in [3.05, 3.63) is 85.6 Å². The smallest absolute Gasteiger partial charge is 0.270 e. The molecule has 1 aliphatic heterocycles. The first-order chi connectivity index (χ1) is 15.2. The Labute approximate surface area is 208 Å². The lowest BCUT2D eigenvalue weighted by Gasteiger charge is -2.29. The van der Waals surface area contributed by atoms with E-state index in [0.29, 0.717) is 5.69 Å². The molecule has 1 aromatic heterocycles. The Bertz CT molecular complexity index is 1320. The summed E-state index contributed by atoms with van der Waals surface area (Å²) in [5.41, 5.74) is 3.82. The van der Waals surface area contributed by atoms with Crippen LogP contribution >= 0.6 is 51.3 Å². The Morgan fingerprint density at radius 1 is 1.06 bits per heavy atom. The van der Waals surface area contributed by atoms with Gasteiger partial charge in [-0.1, -0.05) is 45.2 Å². The first-order valence-corrected chi connectivity index (χ1v) is 11.4. The third-order valence-electron chi connectivity index (χ3n) is 5.13. The predicted molar refractivity (Wildman–Crippen MR) is 136 cm³/mol. The van der Waals surface area contributed by atoms with Crippen LogP contribution in [0.1, 0.15) is 17.0 Å². The molecule has 4 rings (SSSR count). The van der Waals surface area contributed by atoms with E-state index >= 15 is 0 Å². The molecule has 9 heteroatoms. The molecule has 0 radical (unpaired) electrons. The maximum atomic E-state index is 13.3. The summed E-state index contributed by atoms with van der Waals surface area (Å²) < 4.78 is 3.03. The van der Waals surface area contributed by atoms with E-state index in [1.807, 2.05) is 44.2 Å². The number of aromatic nitrogens is 1. The number of aryl methyl sites for hydroxylation is 1. The topological polar surface area (TPSA) is 54.3 Å². The van der Waals surface area contributed by atoms with Crippen molar-refractivity contribution < 1.29 is 9.59 Å². The molecule has 0 spiro atoms. The molecule has 2 heterocycles. The van der Waals surface area contributed by atoms with E-state index in [0.717, 1.165) is 27.1 Å². The molecule has 1 fully saturated rings. The van der Waals surface area contributed by atoms with Gasteiger partial charge in [-0.2, -0.15) is 0 Å². The van der Waals surface area contributed by atoms with Crippen LogP contribution in [0, 0.1) is 13.8 Å². The first-order valence-electron chi connectivity index (χ1n) is 9.49. The number of nitrogens with one attached hydrogen (secondary N) is 1. The van der Waals surface area contributed by atoms with E-state index in [2.05, 4.69) is 25.8 Å². The standard InChI is InChI=1S/C23H16BrCl2N3O2S/c1-12-10-14(13(2)28(12)16-8-6-15(24)7-9-16)11-17-21(30)27-23(32)29(22(17)31)19-5-3-4-18(25)20(19)26/h3-11H,1-2H3,(H,27,30,32)/b17-11+. The Kier molecular flexibility index (Phi) is 6.27. The summed E-state index contributed by atoms with van der Waals surface area (Å²) in [6.07, 6.45) is 1.57. The quantitative estimate of drug-likeness (QED) is 0.248. The predicted octanol–water partition coefficient (Wildman–Crippen LogP) is 5.99. The molecule has 1 aliphatic rings. The molecule has 1 N–H and O–H groups in total. The number of hydrogen-bond donors (Lipinski definition) is 1. The molecular formula is C23H16BrCl2N3O2S. The maximum Gasteiger partial charge on any atom is 0.270 e. The zero-order valence-corrected chi connectivity index (χ0v) is 20.9. The van der Waals surface area contributed by atoms with Crippen molar-refractivity contribution in [1.29, 1.82) is 0 Å². The van der Waals surface area contributed by atoms with Gasteiger partial charge in [0.25, 0.3) is 11.8 Å². The molecule has 32 heavy (non-hydrogen) atoms. The highest BCUT2D eigenvalue weighted by Crippen LogP contribution is 2.34. The number of rotatable bonds is 3. The number of carbonyl (C=O) groups excluding carboxylic acids is 2. The summed E-state index contributed by atoms with van der Waals surface area (Å²) in [6.45, 7) is 3.90. The number of anilines is 1. The van der Waals surface area contributed by atoms with Crippen molar-refractivity contribution in [2.45, 2.75) is 13.8 Å². The van der Waals surface area contributed by atoms with Crippen LogP contribution in [0.5, 0.6) is 0 Å². The molecule has 2 amide bonds. The molecule has 162 valence electrons. The molecule has 5 nitrogen and oxygen atoms in total. The van der Waals surface area contributed by atoms with Crippen molar-refractivity contribution >= 4 is 80.0 Å². The fraction of sp³-hybridized carbons (Fsp3) is 0.0870. The van der Waals surface area contributed by atoms with E-state index in [4.69, 9.17) is 35.4 Å². The van der Waals surface area contributed by atoms with Gasteiger partial charge in [-0.15, -0.1) is 0 Å². The Hall–Kier alpha value is -2.45. The minimum Gasteiger partial charge on any atom is -0.318 e. The van der Waals surface area contributed by atoms with Gasteiger partial charge in [-0.25, -0.2) is 0 Å². The Balaban J connectivity index is 1.78. The van der Waals surface area contributed by atoms with Crippen LogP contribution in [0.15, 0.2) is 58.6 Å². The third-order valence-corrected chi connectivity index (χ3v) is 6.75.